The van der Waals surface area contributed by atoms with Gasteiger partial charge in [-0.25, -0.2) is 0 Å². The van der Waals surface area contributed by atoms with E-state index >= 15 is 0 Å². The van der Waals surface area contributed by atoms with Crippen LogP contribution in [0.25, 0.3) is 0 Å². The van der Waals surface area contributed by atoms with Crippen LogP contribution in [0.3, 0.4) is 0 Å². The summed E-state index contributed by atoms with van der Waals surface area (Å²) < 4.78 is 11.1. The van der Waals surface area contributed by atoms with E-state index in [0.717, 1.165) is 57.8 Å². The molecule has 8 N–H and O–H groups in total. The van der Waals surface area contributed by atoms with Crippen LogP contribution < -0.4 is 5.32 Å². The second-order valence-corrected chi connectivity index (χ2v) is 21.4. The van der Waals surface area contributed by atoms with Gasteiger partial charge in [0, 0.05) is 0 Å². The summed E-state index contributed by atoms with van der Waals surface area (Å²) in [5.41, 5.74) is 0. The van der Waals surface area contributed by atoms with E-state index in [1.807, 2.05) is 0 Å². The molecule has 1 saturated heterocycles. The van der Waals surface area contributed by atoms with Crippen LogP contribution in [0.4, 0.5) is 0 Å². The molecule has 1 rings (SSSR count). The summed E-state index contributed by atoms with van der Waals surface area (Å²) in [6, 6.07) is -1.16. The first-order valence-corrected chi connectivity index (χ1v) is 30.2. The molecular weight excluding hydrogens is 895 g/mol. The molecule has 0 aromatic carbocycles. The van der Waals surface area contributed by atoms with E-state index in [-0.39, 0.29) is 6.42 Å². The van der Waals surface area contributed by atoms with Crippen LogP contribution in [0.5, 0.6) is 0 Å². The summed E-state index contributed by atoms with van der Waals surface area (Å²) in [4.78, 5) is 13.1. The van der Waals surface area contributed by atoms with Gasteiger partial charge in [0.25, 0.3) is 0 Å². The van der Waals surface area contributed by atoms with Crippen molar-refractivity contribution in [2.45, 2.75) is 339 Å². The van der Waals surface area contributed by atoms with Gasteiger partial charge in [-0.1, -0.05) is 263 Å². The molecule has 71 heavy (non-hydrogen) atoms. The number of unbranched alkanes of at least 4 members (excludes halogenated alkanes) is 36. The number of nitrogens with one attached hydrogen (secondary N) is 1. The van der Waals surface area contributed by atoms with Crippen LogP contribution in [0.2, 0.25) is 0 Å². The lowest BCUT2D eigenvalue weighted by atomic mass is 9.98. The molecule has 0 aromatic rings. The largest absolute Gasteiger partial charge is 0.394 e. The molecule has 0 spiro atoms. The maximum Gasteiger partial charge on any atom is 0.249 e. The van der Waals surface area contributed by atoms with E-state index < -0.39 is 74.2 Å². The molecule has 1 aliphatic heterocycles. The molecule has 11 nitrogen and oxygen atoms in total. The van der Waals surface area contributed by atoms with Crippen molar-refractivity contribution in [1.29, 1.82) is 0 Å². The predicted molar refractivity (Wildman–Crippen MR) is 293 cm³/mol. The number of allylic oxidation sites excluding steroid dienone is 4. The van der Waals surface area contributed by atoms with Gasteiger partial charge in [-0.3, -0.25) is 4.79 Å². The number of carbonyl (C=O) groups is 1. The topological polar surface area (TPSA) is 189 Å². The fourth-order valence-corrected chi connectivity index (χ4v) is 9.83. The summed E-state index contributed by atoms with van der Waals surface area (Å²) in [5.74, 6) is -0.698. The number of hydrogen-bond acceptors (Lipinski definition) is 10. The molecule has 9 unspecified atom stereocenters. The second kappa shape index (κ2) is 49.5. The molecule has 420 valence electrons. The Morgan fingerprint density at radius 1 is 0.493 bits per heavy atom. The number of amides is 1. The highest BCUT2D eigenvalue weighted by atomic mass is 16.7. The minimum absolute atomic E-state index is 0.261. The molecule has 1 aliphatic rings. The average Bonchev–Trinajstić information content (AvgIpc) is 3.37. The third-order valence-corrected chi connectivity index (χ3v) is 14.8. The first-order chi connectivity index (χ1) is 34.7. The standard InChI is InChI=1S/C60H115NO10/c1-3-5-7-9-11-12-13-14-15-16-17-18-19-20-21-22-23-24-25-26-27-28-29-30-31-32-33-34-35-36-37-38-39-40-41-42-44-46-48-53(64)59(69)61-51(55(65)52(63)47-45-43-10-8-6-4-2)50-70-60-58(68)57(67)56(66)54(49-62)71-60/h23-24,26-27,51-58,60,62-68H,3-22,25,28-50H2,1-2H3,(H,61,69)/b24-23-,27-26-. The van der Waals surface area contributed by atoms with Crippen molar-refractivity contribution in [3.8, 4) is 0 Å². The fourth-order valence-electron chi connectivity index (χ4n) is 9.83. The SMILES string of the molecule is CCCCCCCCCCCCCCCCC/C=C\C/C=C\CCCCCCCCCCCCCCCCCCC(O)C(=O)NC(COC1OC(CO)C(O)C(O)C1O)C(O)C(O)CCCCCCCC. The molecular formula is C60H115NO10. The zero-order valence-electron chi connectivity index (χ0n) is 46.0. The normalized spacial score (nSPS) is 20.3. The Labute approximate surface area is 435 Å². The molecule has 11 heteroatoms. The predicted octanol–water partition coefficient (Wildman–Crippen LogP) is 12.9. The Bertz CT molecular complexity index is 1200. The van der Waals surface area contributed by atoms with Gasteiger partial charge in [-0.15, -0.1) is 0 Å². The summed E-state index contributed by atoms with van der Waals surface area (Å²) in [7, 11) is 0. The Morgan fingerprint density at radius 3 is 1.25 bits per heavy atom. The first-order valence-electron chi connectivity index (χ1n) is 30.2. The lowest BCUT2D eigenvalue weighted by Gasteiger charge is -2.40. The number of ether oxygens (including phenoxy) is 2. The molecule has 9 atom stereocenters. The molecule has 0 saturated carbocycles. The van der Waals surface area contributed by atoms with Crippen molar-refractivity contribution in [2.24, 2.45) is 0 Å². The van der Waals surface area contributed by atoms with Crippen molar-refractivity contribution >= 4 is 5.91 Å². The Hall–Kier alpha value is -1.41. The van der Waals surface area contributed by atoms with Gasteiger partial charge in [0.1, 0.15) is 36.6 Å². The van der Waals surface area contributed by atoms with Crippen molar-refractivity contribution in [3.05, 3.63) is 24.3 Å². The van der Waals surface area contributed by atoms with E-state index in [2.05, 4.69) is 43.5 Å². The van der Waals surface area contributed by atoms with E-state index in [9.17, 15) is 40.5 Å². The second-order valence-electron chi connectivity index (χ2n) is 21.4. The molecule has 0 aromatic heterocycles. The minimum atomic E-state index is -1.66. The van der Waals surface area contributed by atoms with Crippen LogP contribution in [0.1, 0.15) is 284 Å². The van der Waals surface area contributed by atoms with E-state index in [0.29, 0.717) is 19.3 Å². The monoisotopic (exact) mass is 1010 g/mol. The summed E-state index contributed by atoms with van der Waals surface area (Å²) in [6.45, 7) is 3.38. The molecule has 0 bridgehead atoms. The Kier molecular flexibility index (Phi) is 47.1. The van der Waals surface area contributed by atoms with E-state index in [4.69, 9.17) is 9.47 Å². The highest BCUT2D eigenvalue weighted by Gasteiger charge is 2.44. The van der Waals surface area contributed by atoms with Gasteiger partial charge in [0.15, 0.2) is 6.29 Å². The van der Waals surface area contributed by atoms with Crippen molar-refractivity contribution in [1.82, 2.24) is 5.32 Å². The van der Waals surface area contributed by atoms with Gasteiger partial charge < -0.3 is 50.5 Å². The summed E-state index contributed by atoms with van der Waals surface area (Å²) in [6.07, 6.45) is 49.1. The molecule has 0 radical (unpaired) electrons. The molecule has 1 fully saturated rings. The van der Waals surface area contributed by atoms with Crippen molar-refractivity contribution in [2.75, 3.05) is 13.2 Å². The zero-order valence-corrected chi connectivity index (χ0v) is 46.0. The van der Waals surface area contributed by atoms with Gasteiger partial charge in [-0.2, -0.15) is 0 Å². The zero-order chi connectivity index (χ0) is 51.8. The highest BCUT2D eigenvalue weighted by molar-refractivity contribution is 5.80. The molecule has 1 heterocycles. The number of aliphatic hydroxyl groups is 7. The van der Waals surface area contributed by atoms with Crippen LogP contribution in [-0.2, 0) is 14.3 Å². The Balaban J connectivity index is 2.04. The number of aliphatic hydroxyl groups excluding tert-OH is 7. The quantitative estimate of drug-likeness (QED) is 0.0215. The lowest BCUT2D eigenvalue weighted by molar-refractivity contribution is -0.303. The van der Waals surface area contributed by atoms with Gasteiger partial charge in [0.05, 0.1) is 25.4 Å². The van der Waals surface area contributed by atoms with Crippen LogP contribution >= 0.6 is 0 Å². The number of rotatable bonds is 52. The van der Waals surface area contributed by atoms with Gasteiger partial charge in [0.2, 0.25) is 5.91 Å². The number of hydrogen-bond donors (Lipinski definition) is 8. The third kappa shape index (κ3) is 37.9. The van der Waals surface area contributed by atoms with Crippen LogP contribution in [-0.4, -0.2) is 110 Å². The van der Waals surface area contributed by atoms with Crippen molar-refractivity contribution in [3.63, 3.8) is 0 Å². The third-order valence-electron chi connectivity index (χ3n) is 14.8. The van der Waals surface area contributed by atoms with Crippen molar-refractivity contribution < 1.29 is 50.0 Å². The summed E-state index contributed by atoms with van der Waals surface area (Å²) in [5, 5.41) is 75.4. The average molecular weight is 1010 g/mol. The summed E-state index contributed by atoms with van der Waals surface area (Å²) >= 11 is 0. The van der Waals surface area contributed by atoms with Crippen LogP contribution in [0, 0.1) is 0 Å². The van der Waals surface area contributed by atoms with E-state index in [1.165, 1.54) is 186 Å². The Morgan fingerprint density at radius 2 is 0.859 bits per heavy atom. The highest BCUT2D eigenvalue weighted by Crippen LogP contribution is 2.23. The first kappa shape index (κ1) is 67.6. The minimum Gasteiger partial charge on any atom is -0.394 e. The number of carbonyl (C=O) groups excluding carboxylic acids is 1. The maximum atomic E-state index is 13.1. The molecule has 0 aliphatic carbocycles. The lowest BCUT2D eigenvalue weighted by Crippen LogP contribution is -2.60. The van der Waals surface area contributed by atoms with Crippen LogP contribution in [0.15, 0.2) is 24.3 Å². The van der Waals surface area contributed by atoms with E-state index in [1.54, 1.807) is 0 Å². The fraction of sp³-hybridized carbons (Fsp3) is 0.917. The molecule has 1 amide bonds. The smallest absolute Gasteiger partial charge is 0.249 e. The van der Waals surface area contributed by atoms with Gasteiger partial charge in [-0.05, 0) is 44.9 Å². The maximum absolute atomic E-state index is 13.1. The van der Waals surface area contributed by atoms with Gasteiger partial charge >= 0.3 is 0 Å².